The highest BCUT2D eigenvalue weighted by Gasteiger charge is 2.26. The lowest BCUT2D eigenvalue weighted by atomic mass is 10.2. The van der Waals surface area contributed by atoms with E-state index in [1.54, 1.807) is 24.5 Å². The summed E-state index contributed by atoms with van der Waals surface area (Å²) in [5.41, 5.74) is 8.30. The van der Waals surface area contributed by atoms with Crippen LogP contribution in [0.4, 0.5) is 22.0 Å². The highest BCUT2D eigenvalue weighted by Crippen LogP contribution is 2.26. The number of hydrogen-bond acceptors (Lipinski definition) is 7. The van der Waals surface area contributed by atoms with Gasteiger partial charge in [-0.15, -0.1) is 0 Å². The smallest absolute Gasteiger partial charge is 0.319 e. The van der Waals surface area contributed by atoms with E-state index in [1.807, 2.05) is 48.5 Å². The van der Waals surface area contributed by atoms with Crippen LogP contribution in [-0.4, -0.2) is 43.5 Å². The van der Waals surface area contributed by atoms with E-state index >= 15 is 0 Å². The van der Waals surface area contributed by atoms with Crippen molar-refractivity contribution >= 4 is 29.4 Å². The molecule has 2 heterocycles. The molecule has 1 aliphatic heterocycles. The molecule has 1 fully saturated rings. The van der Waals surface area contributed by atoms with E-state index < -0.39 is 0 Å². The number of nitrogens with zero attached hydrogens (tertiary/aromatic N) is 3. The molecule has 9 heteroatoms. The van der Waals surface area contributed by atoms with Gasteiger partial charge in [-0.1, -0.05) is 23.4 Å². The quantitative estimate of drug-likeness (QED) is 0.375. The van der Waals surface area contributed by atoms with Crippen LogP contribution >= 0.6 is 0 Å². The third-order valence-corrected chi connectivity index (χ3v) is 5.24. The van der Waals surface area contributed by atoms with E-state index in [9.17, 15) is 4.79 Å². The molecule has 1 saturated heterocycles. The molecule has 0 saturated carbocycles. The summed E-state index contributed by atoms with van der Waals surface area (Å²) in [5.74, 6) is 1.83. The SMILES string of the molecule is CO/N=C/c1c(N2CCC(NC(=O)Nc3ccc(Oc4ccccc4)cc3)C2)ccnc1N. The minimum atomic E-state index is -0.256. The summed E-state index contributed by atoms with van der Waals surface area (Å²) in [7, 11) is 1.47. The summed E-state index contributed by atoms with van der Waals surface area (Å²) < 4.78 is 5.78. The van der Waals surface area contributed by atoms with Crippen LogP contribution in [0.2, 0.25) is 0 Å². The van der Waals surface area contributed by atoms with Crippen LogP contribution in [-0.2, 0) is 4.84 Å². The Morgan fingerprint density at radius 3 is 2.67 bits per heavy atom. The van der Waals surface area contributed by atoms with E-state index in [4.69, 9.17) is 15.3 Å². The van der Waals surface area contributed by atoms with Gasteiger partial charge in [0, 0.05) is 31.0 Å². The van der Waals surface area contributed by atoms with Gasteiger partial charge in [0.2, 0.25) is 0 Å². The van der Waals surface area contributed by atoms with E-state index in [0.29, 0.717) is 29.4 Å². The van der Waals surface area contributed by atoms with Crippen LogP contribution in [0.25, 0.3) is 0 Å². The zero-order chi connectivity index (χ0) is 23.0. The molecule has 170 valence electrons. The van der Waals surface area contributed by atoms with Crippen molar-refractivity contribution in [2.45, 2.75) is 12.5 Å². The second kappa shape index (κ2) is 10.4. The predicted octanol–water partition coefficient (Wildman–Crippen LogP) is 3.84. The van der Waals surface area contributed by atoms with Gasteiger partial charge in [0.1, 0.15) is 24.4 Å². The maximum Gasteiger partial charge on any atom is 0.319 e. The number of carbonyl (C=O) groups is 1. The fourth-order valence-corrected chi connectivity index (χ4v) is 3.67. The number of ether oxygens (including phenoxy) is 1. The number of anilines is 3. The average molecular weight is 447 g/mol. The molecule has 9 nitrogen and oxygen atoms in total. The number of hydrogen-bond donors (Lipinski definition) is 3. The number of oxime groups is 1. The second-order valence-electron chi connectivity index (χ2n) is 7.52. The number of rotatable bonds is 7. The Bertz CT molecular complexity index is 1100. The lowest BCUT2D eigenvalue weighted by Gasteiger charge is -2.21. The number of amides is 2. The van der Waals surface area contributed by atoms with E-state index in [-0.39, 0.29) is 12.1 Å². The van der Waals surface area contributed by atoms with Gasteiger partial charge in [0.15, 0.2) is 0 Å². The summed E-state index contributed by atoms with van der Waals surface area (Å²) in [5, 5.41) is 9.72. The molecule has 0 spiro atoms. The number of nitrogen functional groups attached to an aromatic ring is 1. The van der Waals surface area contributed by atoms with Crippen molar-refractivity contribution in [2.24, 2.45) is 5.16 Å². The molecule has 1 atom stereocenters. The van der Waals surface area contributed by atoms with Crippen molar-refractivity contribution in [1.29, 1.82) is 0 Å². The highest BCUT2D eigenvalue weighted by atomic mass is 16.6. The highest BCUT2D eigenvalue weighted by molar-refractivity contribution is 5.93. The minimum Gasteiger partial charge on any atom is -0.457 e. The van der Waals surface area contributed by atoms with Crippen LogP contribution in [0.15, 0.2) is 72.0 Å². The summed E-state index contributed by atoms with van der Waals surface area (Å²) in [6.07, 6.45) is 4.02. The zero-order valence-electron chi connectivity index (χ0n) is 18.3. The Hall–Kier alpha value is -4.27. The molecule has 0 bridgehead atoms. The van der Waals surface area contributed by atoms with Gasteiger partial charge in [-0.05, 0) is 48.9 Å². The van der Waals surface area contributed by atoms with Gasteiger partial charge in [0.05, 0.1) is 17.5 Å². The normalized spacial score (nSPS) is 15.4. The first-order chi connectivity index (χ1) is 16.1. The molecular weight excluding hydrogens is 420 g/mol. The summed E-state index contributed by atoms with van der Waals surface area (Å²) in [4.78, 5) is 23.6. The van der Waals surface area contributed by atoms with Gasteiger partial charge in [-0.3, -0.25) is 0 Å². The Labute approximate surface area is 192 Å². The number of para-hydroxylation sites is 1. The van der Waals surface area contributed by atoms with Gasteiger partial charge >= 0.3 is 6.03 Å². The largest absolute Gasteiger partial charge is 0.457 e. The Kier molecular flexibility index (Phi) is 6.89. The standard InChI is InChI=1S/C24H26N6O3/c1-32-27-15-21-22(11-13-26-23(21)25)30-14-12-18(16-30)29-24(31)28-17-7-9-20(10-8-17)33-19-5-3-2-4-6-19/h2-11,13,15,18H,12,14,16H2,1H3,(H2,25,26)(H2,28,29,31)/b27-15+. The monoisotopic (exact) mass is 446 g/mol. The zero-order valence-corrected chi connectivity index (χ0v) is 18.3. The van der Waals surface area contributed by atoms with Crippen LogP contribution in [0.5, 0.6) is 11.5 Å². The molecule has 1 aliphatic rings. The van der Waals surface area contributed by atoms with Crippen molar-refractivity contribution in [1.82, 2.24) is 10.3 Å². The fourth-order valence-electron chi connectivity index (χ4n) is 3.67. The molecular formula is C24H26N6O3. The van der Waals surface area contributed by atoms with Crippen molar-refractivity contribution in [2.75, 3.05) is 36.1 Å². The van der Waals surface area contributed by atoms with E-state index in [0.717, 1.165) is 24.4 Å². The number of pyridine rings is 1. The summed E-state index contributed by atoms with van der Waals surface area (Å²) in [6.45, 7) is 1.42. The lowest BCUT2D eigenvalue weighted by molar-refractivity contribution is 0.215. The third kappa shape index (κ3) is 5.70. The van der Waals surface area contributed by atoms with Crippen LogP contribution in [0, 0.1) is 0 Å². The number of aromatic nitrogens is 1. The molecule has 4 N–H and O–H groups in total. The number of urea groups is 1. The van der Waals surface area contributed by atoms with Gasteiger partial charge in [-0.25, -0.2) is 9.78 Å². The summed E-state index contributed by atoms with van der Waals surface area (Å²) in [6, 6.07) is 18.4. The molecule has 2 aromatic carbocycles. The Morgan fingerprint density at radius 1 is 1.15 bits per heavy atom. The second-order valence-corrected chi connectivity index (χ2v) is 7.52. The van der Waals surface area contributed by atoms with Crippen LogP contribution in [0.1, 0.15) is 12.0 Å². The number of nitrogens with two attached hydrogens (primary N) is 1. The Balaban J connectivity index is 1.31. The predicted molar refractivity (Wildman–Crippen MR) is 129 cm³/mol. The first kappa shape index (κ1) is 21.9. The lowest BCUT2D eigenvalue weighted by Crippen LogP contribution is -2.39. The maximum absolute atomic E-state index is 12.5. The first-order valence-electron chi connectivity index (χ1n) is 10.6. The maximum atomic E-state index is 12.5. The van der Waals surface area contributed by atoms with Gasteiger partial charge in [-0.2, -0.15) is 0 Å². The molecule has 33 heavy (non-hydrogen) atoms. The first-order valence-corrected chi connectivity index (χ1v) is 10.6. The Morgan fingerprint density at radius 2 is 1.91 bits per heavy atom. The fraction of sp³-hybridized carbons (Fsp3) is 0.208. The van der Waals surface area contributed by atoms with Crippen molar-refractivity contribution in [3.05, 3.63) is 72.4 Å². The molecule has 2 amide bonds. The van der Waals surface area contributed by atoms with Crippen LogP contribution < -0.4 is 26.0 Å². The average Bonchev–Trinajstić information content (AvgIpc) is 3.28. The molecule has 3 aromatic rings. The number of benzene rings is 2. The number of nitrogens with one attached hydrogen (secondary N) is 2. The summed E-state index contributed by atoms with van der Waals surface area (Å²) >= 11 is 0. The van der Waals surface area contributed by atoms with Gasteiger partial charge < -0.3 is 30.8 Å². The van der Waals surface area contributed by atoms with Crippen molar-refractivity contribution < 1.29 is 14.4 Å². The molecule has 0 radical (unpaired) electrons. The van der Waals surface area contributed by atoms with Crippen LogP contribution in [0.3, 0.4) is 0 Å². The molecule has 4 rings (SSSR count). The minimum absolute atomic E-state index is 0.00714. The molecule has 1 aromatic heterocycles. The van der Waals surface area contributed by atoms with E-state index in [2.05, 4.69) is 25.7 Å². The van der Waals surface area contributed by atoms with Crippen molar-refractivity contribution in [3.8, 4) is 11.5 Å². The van der Waals surface area contributed by atoms with E-state index in [1.165, 1.54) is 7.11 Å². The van der Waals surface area contributed by atoms with Gasteiger partial charge in [0.25, 0.3) is 0 Å². The topological polar surface area (TPSA) is 114 Å². The molecule has 1 unspecified atom stereocenters. The third-order valence-electron chi connectivity index (χ3n) is 5.24. The molecule has 0 aliphatic carbocycles. The van der Waals surface area contributed by atoms with Crippen molar-refractivity contribution in [3.63, 3.8) is 0 Å². The number of carbonyl (C=O) groups excluding carboxylic acids is 1.